The number of carbonyl (C=O) groups excluding carboxylic acids is 3. The number of amides is 4. The van der Waals surface area contributed by atoms with Gasteiger partial charge in [-0.05, 0) is 62.1 Å². The van der Waals surface area contributed by atoms with Crippen molar-refractivity contribution in [1.29, 1.82) is 0 Å². The number of imide groups is 1. The van der Waals surface area contributed by atoms with E-state index in [-0.39, 0.29) is 12.5 Å². The van der Waals surface area contributed by atoms with E-state index in [2.05, 4.69) is 23.0 Å². The summed E-state index contributed by atoms with van der Waals surface area (Å²) in [5.41, 5.74) is 2.26. The first-order valence-electron chi connectivity index (χ1n) is 10.7. The van der Waals surface area contributed by atoms with Crippen LogP contribution in [0.1, 0.15) is 64.9 Å². The molecule has 0 atom stereocenters. The number of rotatable bonds is 7. The highest BCUT2D eigenvalue weighted by molar-refractivity contribution is 6.30. The fourth-order valence-corrected chi connectivity index (χ4v) is 4.63. The molecule has 2 fully saturated rings. The van der Waals surface area contributed by atoms with Gasteiger partial charge in [0.2, 0.25) is 0 Å². The molecule has 8 heteroatoms. The van der Waals surface area contributed by atoms with E-state index in [9.17, 15) is 14.4 Å². The Bertz CT molecular complexity index is 799. The van der Waals surface area contributed by atoms with Crippen molar-refractivity contribution < 1.29 is 14.4 Å². The Balaban J connectivity index is 1.64. The Morgan fingerprint density at radius 3 is 2.37 bits per heavy atom. The molecule has 0 bridgehead atoms. The van der Waals surface area contributed by atoms with Crippen molar-refractivity contribution >= 4 is 29.4 Å². The number of nitrogens with one attached hydrogen (secondary N) is 3. The lowest BCUT2D eigenvalue weighted by Crippen LogP contribution is -2.54. The largest absolute Gasteiger partial charge is 0.344 e. The quantitative estimate of drug-likeness (QED) is 0.573. The Hall–Kier alpha value is -2.12. The highest BCUT2D eigenvalue weighted by Gasteiger charge is 2.52. The van der Waals surface area contributed by atoms with E-state index >= 15 is 0 Å². The van der Waals surface area contributed by atoms with Crippen LogP contribution >= 0.6 is 11.6 Å². The maximum Gasteiger partial charge on any atom is 0.344 e. The second-order valence-electron chi connectivity index (χ2n) is 8.52. The highest BCUT2D eigenvalue weighted by Crippen LogP contribution is 2.36. The first-order valence-corrected chi connectivity index (χ1v) is 11.1. The molecule has 1 saturated carbocycles. The van der Waals surface area contributed by atoms with Crippen molar-refractivity contribution in [2.24, 2.45) is 5.92 Å². The molecule has 4 amide bonds. The van der Waals surface area contributed by atoms with Crippen molar-refractivity contribution in [2.45, 2.75) is 70.4 Å². The minimum absolute atomic E-state index is 0.0224. The van der Waals surface area contributed by atoms with E-state index in [1.807, 2.05) is 38.1 Å². The van der Waals surface area contributed by atoms with Crippen LogP contribution in [0.5, 0.6) is 0 Å². The third-order valence-corrected chi connectivity index (χ3v) is 6.97. The van der Waals surface area contributed by atoms with Crippen LogP contribution in [0.2, 0.25) is 5.02 Å². The lowest BCUT2D eigenvalue weighted by molar-refractivity contribution is -0.139. The summed E-state index contributed by atoms with van der Waals surface area (Å²) in [6.45, 7) is 6.22. The van der Waals surface area contributed by atoms with Gasteiger partial charge in [0.25, 0.3) is 11.8 Å². The lowest BCUT2D eigenvalue weighted by atomic mass is 9.77. The van der Waals surface area contributed by atoms with E-state index < -0.39 is 23.0 Å². The van der Waals surface area contributed by atoms with Gasteiger partial charge in [0, 0.05) is 10.6 Å². The minimum Gasteiger partial charge on any atom is -0.322 e. The summed E-state index contributed by atoms with van der Waals surface area (Å²) >= 11 is 6.01. The Morgan fingerprint density at radius 1 is 1.20 bits per heavy atom. The zero-order valence-corrected chi connectivity index (χ0v) is 18.6. The Labute approximate surface area is 182 Å². The van der Waals surface area contributed by atoms with Crippen LogP contribution in [0.3, 0.4) is 0 Å². The molecule has 1 aromatic rings. The van der Waals surface area contributed by atoms with E-state index in [4.69, 9.17) is 11.6 Å². The van der Waals surface area contributed by atoms with Crippen molar-refractivity contribution in [1.82, 2.24) is 21.1 Å². The fraction of sp³-hybridized carbons (Fsp3) is 0.591. The summed E-state index contributed by atoms with van der Waals surface area (Å²) in [5.74, 6) is -0.250. The van der Waals surface area contributed by atoms with Crippen LogP contribution in [-0.4, -0.2) is 34.9 Å². The van der Waals surface area contributed by atoms with Gasteiger partial charge in [-0.25, -0.2) is 4.79 Å². The second kappa shape index (κ2) is 8.94. The average molecular weight is 435 g/mol. The van der Waals surface area contributed by atoms with Gasteiger partial charge in [0.05, 0.1) is 6.54 Å². The van der Waals surface area contributed by atoms with Gasteiger partial charge >= 0.3 is 6.03 Å². The van der Waals surface area contributed by atoms with Gasteiger partial charge in [0.15, 0.2) is 0 Å². The van der Waals surface area contributed by atoms with Gasteiger partial charge in [0.1, 0.15) is 5.54 Å². The predicted molar refractivity (Wildman–Crippen MR) is 116 cm³/mol. The molecule has 1 spiro atoms. The molecular formula is C22H31ClN4O3. The maximum absolute atomic E-state index is 12.9. The van der Waals surface area contributed by atoms with Crippen LogP contribution in [0.25, 0.3) is 0 Å². The fourth-order valence-electron chi connectivity index (χ4n) is 4.51. The molecule has 0 aromatic heterocycles. The molecule has 164 valence electrons. The number of nitrogens with zero attached hydrogens (tertiary/aromatic N) is 1. The highest BCUT2D eigenvalue weighted by atomic mass is 35.5. The Morgan fingerprint density at radius 2 is 1.80 bits per heavy atom. The summed E-state index contributed by atoms with van der Waals surface area (Å²) in [5, 5.41) is 7.64. The number of benzene rings is 1. The summed E-state index contributed by atoms with van der Waals surface area (Å²) < 4.78 is 0. The zero-order chi connectivity index (χ0) is 21.9. The standard InChI is InChI=1S/C22H31ClN4O3/c1-4-21(5-2,16-6-8-17(23)9-7-16)24-14-18(28)26-27-19(29)22(25-20(27)30)12-10-15(3)11-13-22/h6-9,15,24H,4-5,10-14H2,1-3H3,(H,25,30)(H,26,28). The van der Waals surface area contributed by atoms with Crippen LogP contribution in [-0.2, 0) is 15.1 Å². The molecule has 7 nitrogen and oxygen atoms in total. The maximum atomic E-state index is 12.9. The molecule has 0 radical (unpaired) electrons. The number of hydrogen-bond donors (Lipinski definition) is 3. The Kier molecular flexibility index (Phi) is 6.72. The molecule has 1 heterocycles. The number of hydrazine groups is 1. The first kappa shape index (κ1) is 22.6. The van der Waals surface area contributed by atoms with Gasteiger partial charge in [-0.1, -0.05) is 44.5 Å². The molecule has 1 aliphatic heterocycles. The number of halogens is 1. The van der Waals surface area contributed by atoms with Crippen LogP contribution in [0.4, 0.5) is 4.79 Å². The van der Waals surface area contributed by atoms with Crippen molar-refractivity contribution in [3.8, 4) is 0 Å². The topological polar surface area (TPSA) is 90.5 Å². The predicted octanol–water partition coefficient (Wildman–Crippen LogP) is 3.48. The second-order valence-corrected chi connectivity index (χ2v) is 8.96. The molecule has 3 rings (SSSR count). The monoisotopic (exact) mass is 434 g/mol. The molecule has 3 N–H and O–H groups in total. The molecular weight excluding hydrogens is 404 g/mol. The van der Waals surface area contributed by atoms with Crippen LogP contribution in [0, 0.1) is 5.92 Å². The van der Waals surface area contributed by atoms with E-state index in [0.29, 0.717) is 23.8 Å². The average Bonchev–Trinajstić information content (AvgIpc) is 2.96. The summed E-state index contributed by atoms with van der Waals surface area (Å²) in [6.07, 6.45) is 4.51. The minimum atomic E-state index is -0.871. The number of hydrogen-bond acceptors (Lipinski definition) is 4. The normalized spacial score (nSPS) is 24.3. The molecule has 1 saturated heterocycles. The smallest absolute Gasteiger partial charge is 0.322 e. The number of carbonyl (C=O) groups is 3. The van der Waals surface area contributed by atoms with E-state index in [1.54, 1.807) is 0 Å². The summed E-state index contributed by atoms with van der Waals surface area (Å²) in [4.78, 5) is 37.9. The zero-order valence-electron chi connectivity index (χ0n) is 17.9. The van der Waals surface area contributed by atoms with Crippen LogP contribution < -0.4 is 16.1 Å². The van der Waals surface area contributed by atoms with Gasteiger partial charge in [-0.2, -0.15) is 5.01 Å². The molecule has 30 heavy (non-hydrogen) atoms. The van der Waals surface area contributed by atoms with Crippen molar-refractivity contribution in [2.75, 3.05) is 6.54 Å². The molecule has 1 aliphatic carbocycles. The van der Waals surface area contributed by atoms with Crippen molar-refractivity contribution in [3.63, 3.8) is 0 Å². The summed E-state index contributed by atoms with van der Waals surface area (Å²) in [6, 6.07) is 7.00. The number of urea groups is 1. The molecule has 2 aliphatic rings. The third-order valence-electron chi connectivity index (χ3n) is 6.72. The van der Waals surface area contributed by atoms with Gasteiger partial charge in [-0.3, -0.25) is 20.3 Å². The third kappa shape index (κ3) is 4.32. The lowest BCUT2D eigenvalue weighted by Gasteiger charge is -2.34. The molecule has 0 unspecified atom stereocenters. The van der Waals surface area contributed by atoms with E-state index in [0.717, 1.165) is 36.3 Å². The van der Waals surface area contributed by atoms with Gasteiger partial charge < -0.3 is 5.32 Å². The van der Waals surface area contributed by atoms with Crippen molar-refractivity contribution in [3.05, 3.63) is 34.9 Å². The van der Waals surface area contributed by atoms with E-state index in [1.165, 1.54) is 0 Å². The summed E-state index contributed by atoms with van der Waals surface area (Å²) in [7, 11) is 0. The molecule has 1 aromatic carbocycles. The van der Waals surface area contributed by atoms with Gasteiger partial charge in [-0.15, -0.1) is 0 Å². The first-order chi connectivity index (χ1) is 14.2. The SMILES string of the molecule is CCC(CC)(NCC(=O)NN1C(=O)NC2(CCC(C)CC2)C1=O)c1ccc(Cl)cc1. The van der Waals surface area contributed by atoms with Crippen LogP contribution in [0.15, 0.2) is 24.3 Å².